The molecule has 2 aromatic rings. The van der Waals surface area contributed by atoms with Crippen molar-refractivity contribution in [1.29, 1.82) is 0 Å². The summed E-state index contributed by atoms with van der Waals surface area (Å²) in [6.07, 6.45) is 1.97. The van der Waals surface area contributed by atoms with E-state index in [1.807, 2.05) is 0 Å². The second-order valence-corrected chi connectivity index (χ2v) is 7.13. The zero-order chi connectivity index (χ0) is 21.7. The normalized spacial score (nSPS) is 14.8. The number of carbonyl (C=O) groups is 2. The molecule has 9 nitrogen and oxygen atoms in total. The van der Waals surface area contributed by atoms with Gasteiger partial charge in [0.25, 0.3) is 0 Å². The maximum absolute atomic E-state index is 14.2. The lowest BCUT2D eigenvalue weighted by Crippen LogP contribution is -2.46. The van der Waals surface area contributed by atoms with Crippen LogP contribution in [0.4, 0.5) is 25.5 Å². The molecule has 1 aromatic heterocycles. The summed E-state index contributed by atoms with van der Waals surface area (Å²) in [6, 6.07) is 6.61. The number of amides is 3. The number of aromatic nitrogens is 1. The van der Waals surface area contributed by atoms with E-state index in [0.29, 0.717) is 0 Å². The molecule has 1 saturated heterocycles. The van der Waals surface area contributed by atoms with E-state index in [1.54, 1.807) is 11.9 Å². The van der Waals surface area contributed by atoms with Crippen LogP contribution in [0, 0.1) is 5.82 Å². The first kappa shape index (κ1) is 21.3. The SMILES string of the molecule is CN1CCC(N(C)C(=O)Nc2cc(Oc3ccc(NC(=O)O)cc3F)ccn2)CC1. The number of nitrogens with one attached hydrogen (secondary N) is 2. The van der Waals surface area contributed by atoms with E-state index < -0.39 is 11.9 Å². The van der Waals surface area contributed by atoms with Gasteiger partial charge in [0.15, 0.2) is 11.6 Å². The number of piperidine rings is 1. The zero-order valence-electron chi connectivity index (χ0n) is 16.8. The Kier molecular flexibility index (Phi) is 6.68. The number of likely N-dealkylation sites (tertiary alicyclic amines) is 1. The zero-order valence-corrected chi connectivity index (χ0v) is 16.8. The molecule has 2 heterocycles. The molecule has 160 valence electrons. The monoisotopic (exact) mass is 417 g/mol. The molecule has 1 aliphatic heterocycles. The first-order valence-corrected chi connectivity index (χ1v) is 9.47. The summed E-state index contributed by atoms with van der Waals surface area (Å²) in [6.45, 7) is 1.88. The summed E-state index contributed by atoms with van der Waals surface area (Å²) in [7, 11) is 3.82. The maximum atomic E-state index is 14.2. The fraction of sp³-hybridized carbons (Fsp3) is 0.350. The Balaban J connectivity index is 1.63. The number of halogens is 1. The molecule has 3 N–H and O–H groups in total. The van der Waals surface area contributed by atoms with Crippen LogP contribution in [0.3, 0.4) is 0 Å². The molecule has 0 saturated carbocycles. The lowest BCUT2D eigenvalue weighted by molar-refractivity contribution is 0.156. The number of nitrogens with zero attached hydrogens (tertiary/aromatic N) is 3. The first-order chi connectivity index (χ1) is 14.3. The molecule has 3 amide bonds. The molecular weight excluding hydrogens is 393 g/mol. The van der Waals surface area contributed by atoms with Gasteiger partial charge in [-0.15, -0.1) is 0 Å². The molecule has 0 spiro atoms. The number of carbonyl (C=O) groups excluding carboxylic acids is 1. The predicted octanol–water partition coefficient (Wildman–Crippen LogP) is 3.66. The van der Waals surface area contributed by atoms with Gasteiger partial charge in [-0.25, -0.2) is 19.0 Å². The maximum Gasteiger partial charge on any atom is 0.409 e. The number of hydrogen-bond acceptors (Lipinski definition) is 5. The van der Waals surface area contributed by atoms with Crippen LogP contribution in [0.5, 0.6) is 11.5 Å². The van der Waals surface area contributed by atoms with E-state index >= 15 is 0 Å². The van der Waals surface area contributed by atoms with E-state index in [-0.39, 0.29) is 35.1 Å². The van der Waals surface area contributed by atoms with Crippen LogP contribution in [0.1, 0.15) is 12.8 Å². The highest BCUT2D eigenvalue weighted by Gasteiger charge is 2.24. The molecule has 1 aromatic carbocycles. The van der Waals surface area contributed by atoms with E-state index in [4.69, 9.17) is 9.84 Å². The van der Waals surface area contributed by atoms with Crippen LogP contribution in [-0.2, 0) is 0 Å². The summed E-state index contributed by atoms with van der Waals surface area (Å²) in [5, 5.41) is 13.5. The molecule has 0 radical (unpaired) electrons. The lowest BCUT2D eigenvalue weighted by Gasteiger charge is -2.34. The van der Waals surface area contributed by atoms with Crippen molar-refractivity contribution < 1.29 is 23.8 Å². The molecule has 1 fully saturated rings. The molecule has 0 aliphatic carbocycles. The second-order valence-electron chi connectivity index (χ2n) is 7.13. The third kappa shape index (κ3) is 5.57. The van der Waals surface area contributed by atoms with E-state index in [0.717, 1.165) is 32.0 Å². The fourth-order valence-electron chi connectivity index (χ4n) is 3.20. The van der Waals surface area contributed by atoms with Crippen LogP contribution in [0.2, 0.25) is 0 Å². The Bertz CT molecular complexity index is 918. The molecule has 30 heavy (non-hydrogen) atoms. The average Bonchev–Trinajstić information content (AvgIpc) is 2.70. The van der Waals surface area contributed by atoms with Crippen LogP contribution < -0.4 is 15.4 Å². The standard InChI is InChI=1S/C20H24FN5O4/c1-25-9-6-14(7-10-25)26(2)19(27)24-18-12-15(5-8-22-18)30-17-4-3-13(11-16(17)21)23-20(28)29/h3-5,8,11-12,14,23H,6-7,9-10H2,1-2H3,(H,28,29)(H,22,24,27). The Morgan fingerprint density at radius 1 is 1.23 bits per heavy atom. The van der Waals surface area contributed by atoms with Gasteiger partial charge >= 0.3 is 12.1 Å². The molecule has 0 atom stereocenters. The molecule has 0 unspecified atom stereocenters. The van der Waals surface area contributed by atoms with Crippen molar-refractivity contribution in [2.45, 2.75) is 18.9 Å². The van der Waals surface area contributed by atoms with E-state index in [1.165, 1.54) is 30.5 Å². The average molecular weight is 417 g/mol. The first-order valence-electron chi connectivity index (χ1n) is 9.47. The number of benzene rings is 1. The number of pyridine rings is 1. The van der Waals surface area contributed by atoms with Crippen molar-refractivity contribution in [1.82, 2.24) is 14.8 Å². The highest BCUT2D eigenvalue weighted by molar-refractivity contribution is 5.88. The summed E-state index contributed by atoms with van der Waals surface area (Å²) >= 11 is 0. The summed E-state index contributed by atoms with van der Waals surface area (Å²) in [5.74, 6) is -0.259. The van der Waals surface area contributed by atoms with Gasteiger partial charge in [0.2, 0.25) is 0 Å². The summed E-state index contributed by atoms with van der Waals surface area (Å²) in [5.41, 5.74) is 0.0898. The van der Waals surface area contributed by atoms with Crippen molar-refractivity contribution in [2.75, 3.05) is 37.8 Å². The quantitative estimate of drug-likeness (QED) is 0.685. The van der Waals surface area contributed by atoms with Crippen LogP contribution in [0.25, 0.3) is 0 Å². The third-order valence-corrected chi connectivity index (χ3v) is 4.93. The van der Waals surface area contributed by atoms with Gasteiger partial charge in [-0.3, -0.25) is 10.6 Å². The van der Waals surface area contributed by atoms with E-state index in [9.17, 15) is 14.0 Å². The van der Waals surface area contributed by atoms with Gasteiger partial charge in [0.1, 0.15) is 11.6 Å². The predicted molar refractivity (Wildman–Crippen MR) is 110 cm³/mol. The van der Waals surface area contributed by atoms with Crippen molar-refractivity contribution in [3.05, 3.63) is 42.3 Å². The van der Waals surface area contributed by atoms with Gasteiger partial charge in [0, 0.05) is 37.1 Å². The summed E-state index contributed by atoms with van der Waals surface area (Å²) in [4.78, 5) is 31.2. The highest BCUT2D eigenvalue weighted by Crippen LogP contribution is 2.28. The highest BCUT2D eigenvalue weighted by atomic mass is 19.1. The number of urea groups is 1. The van der Waals surface area contributed by atoms with Gasteiger partial charge < -0.3 is 19.6 Å². The van der Waals surface area contributed by atoms with Crippen molar-refractivity contribution in [3.8, 4) is 11.5 Å². The number of rotatable bonds is 5. The van der Waals surface area contributed by atoms with Crippen LogP contribution >= 0.6 is 0 Å². The molecule has 1 aliphatic rings. The minimum absolute atomic E-state index is 0.0853. The Morgan fingerprint density at radius 2 is 1.97 bits per heavy atom. The lowest BCUT2D eigenvalue weighted by atomic mass is 10.0. The van der Waals surface area contributed by atoms with Crippen molar-refractivity contribution in [3.63, 3.8) is 0 Å². The second kappa shape index (κ2) is 9.40. The smallest absolute Gasteiger partial charge is 0.409 e. The third-order valence-electron chi connectivity index (χ3n) is 4.93. The Hall–Kier alpha value is -3.40. The largest absolute Gasteiger partial charge is 0.465 e. The molecule has 10 heteroatoms. The number of hydrogen-bond donors (Lipinski definition) is 3. The molecule has 3 rings (SSSR count). The minimum atomic E-state index is -1.29. The van der Waals surface area contributed by atoms with Crippen LogP contribution in [-0.4, -0.2) is 65.2 Å². The molecule has 0 bridgehead atoms. The van der Waals surface area contributed by atoms with Gasteiger partial charge in [0.05, 0.1) is 0 Å². The Morgan fingerprint density at radius 3 is 2.63 bits per heavy atom. The van der Waals surface area contributed by atoms with Gasteiger partial charge in [-0.2, -0.15) is 0 Å². The van der Waals surface area contributed by atoms with Crippen molar-refractivity contribution >= 4 is 23.6 Å². The number of anilines is 2. The van der Waals surface area contributed by atoms with Crippen molar-refractivity contribution in [2.24, 2.45) is 0 Å². The van der Waals surface area contributed by atoms with Gasteiger partial charge in [-0.1, -0.05) is 0 Å². The van der Waals surface area contributed by atoms with E-state index in [2.05, 4.69) is 27.6 Å². The minimum Gasteiger partial charge on any atom is -0.465 e. The fourth-order valence-corrected chi connectivity index (χ4v) is 3.20. The number of ether oxygens (including phenoxy) is 1. The number of carboxylic acid groups (broad SMARTS) is 1. The van der Waals surface area contributed by atoms with Crippen LogP contribution in [0.15, 0.2) is 36.5 Å². The van der Waals surface area contributed by atoms with Gasteiger partial charge in [-0.05, 0) is 51.2 Å². The molecular formula is C20H24FN5O4. The summed E-state index contributed by atoms with van der Waals surface area (Å²) < 4.78 is 19.7. The topological polar surface area (TPSA) is 107 Å². The Labute approximate surface area is 173 Å².